The molecule has 0 saturated carbocycles. The first-order valence-corrected chi connectivity index (χ1v) is 5.58. The van der Waals surface area contributed by atoms with Gasteiger partial charge in [-0.15, -0.1) is 11.8 Å². The molecule has 14 heavy (non-hydrogen) atoms. The predicted octanol–water partition coefficient (Wildman–Crippen LogP) is 1.55. The van der Waals surface area contributed by atoms with Crippen molar-refractivity contribution in [3.8, 4) is 0 Å². The second kappa shape index (κ2) is 5.24. The zero-order chi connectivity index (χ0) is 11.4. The molecule has 1 unspecified atom stereocenters. The molecule has 0 spiro atoms. The number of oxime groups is 1. The van der Waals surface area contributed by atoms with Gasteiger partial charge in [0.1, 0.15) is 5.04 Å². The maximum absolute atomic E-state index is 11.6. The molecule has 0 heterocycles. The van der Waals surface area contributed by atoms with Gasteiger partial charge in [-0.1, -0.05) is 25.9 Å². The molecule has 0 fully saturated rings. The van der Waals surface area contributed by atoms with E-state index in [2.05, 4.69) is 10.5 Å². The van der Waals surface area contributed by atoms with E-state index in [1.54, 1.807) is 13.3 Å². The molecule has 0 aromatic carbocycles. The molecule has 5 heteroatoms. The van der Waals surface area contributed by atoms with E-state index in [4.69, 9.17) is 5.21 Å². The largest absolute Gasteiger partial charge is 0.410 e. The Kier molecular flexibility index (Phi) is 4.97. The minimum absolute atomic E-state index is 0.125. The summed E-state index contributed by atoms with van der Waals surface area (Å²) in [6.07, 6.45) is 1.79. The Hall–Kier alpha value is -0.710. The van der Waals surface area contributed by atoms with Gasteiger partial charge >= 0.3 is 0 Å². The van der Waals surface area contributed by atoms with Crippen molar-refractivity contribution in [1.29, 1.82) is 0 Å². The second-order valence-corrected chi connectivity index (χ2v) is 4.88. The fraction of sp³-hybridized carbons (Fsp3) is 0.778. The molecule has 0 aromatic heterocycles. The molecule has 0 saturated heterocycles. The van der Waals surface area contributed by atoms with E-state index in [1.807, 2.05) is 20.8 Å². The Balaban J connectivity index is 5.01. The summed E-state index contributed by atoms with van der Waals surface area (Å²) in [4.78, 5) is 11.6. The highest BCUT2D eigenvalue weighted by Gasteiger charge is 2.35. The van der Waals surface area contributed by atoms with Crippen molar-refractivity contribution in [2.75, 3.05) is 13.3 Å². The van der Waals surface area contributed by atoms with Crippen LogP contribution in [0, 0.1) is 11.3 Å². The third-order valence-electron chi connectivity index (χ3n) is 1.93. The van der Waals surface area contributed by atoms with Crippen molar-refractivity contribution >= 4 is 22.7 Å². The molecule has 0 bridgehead atoms. The lowest BCUT2D eigenvalue weighted by atomic mass is 9.81. The molecule has 82 valence electrons. The average molecular weight is 218 g/mol. The standard InChI is InChI=1S/C9H18N2O2S/c1-9(2,3)6(7(12)10-4)8(11-13)14-5/h6,13H,1-5H3,(H,10,12)/b11-8-. The third-order valence-corrected chi connectivity index (χ3v) is 2.66. The van der Waals surface area contributed by atoms with Crippen molar-refractivity contribution in [3.63, 3.8) is 0 Å². The number of nitrogens with one attached hydrogen (secondary N) is 1. The quantitative estimate of drug-likeness (QED) is 0.320. The maximum Gasteiger partial charge on any atom is 0.230 e. The molecular formula is C9H18N2O2S. The zero-order valence-corrected chi connectivity index (χ0v) is 10.1. The van der Waals surface area contributed by atoms with Crippen molar-refractivity contribution in [2.45, 2.75) is 20.8 Å². The molecule has 0 aliphatic carbocycles. The normalized spacial score (nSPS) is 15.1. The number of carbonyl (C=O) groups excluding carboxylic acids is 1. The first kappa shape index (κ1) is 13.3. The van der Waals surface area contributed by atoms with Crippen LogP contribution in [0.1, 0.15) is 20.8 Å². The Labute approximate surface area is 89.1 Å². The van der Waals surface area contributed by atoms with E-state index >= 15 is 0 Å². The molecular weight excluding hydrogens is 200 g/mol. The van der Waals surface area contributed by atoms with Crippen LogP contribution in [0.3, 0.4) is 0 Å². The summed E-state index contributed by atoms with van der Waals surface area (Å²) in [5.74, 6) is -0.535. The van der Waals surface area contributed by atoms with Crippen molar-refractivity contribution in [2.24, 2.45) is 16.5 Å². The second-order valence-electron chi connectivity index (χ2n) is 4.06. The van der Waals surface area contributed by atoms with E-state index in [9.17, 15) is 4.79 Å². The highest BCUT2D eigenvalue weighted by Crippen LogP contribution is 2.30. The number of thioether (sulfide) groups is 1. The van der Waals surface area contributed by atoms with Gasteiger partial charge < -0.3 is 10.5 Å². The number of nitrogens with zero attached hydrogens (tertiary/aromatic N) is 1. The van der Waals surface area contributed by atoms with E-state index in [0.29, 0.717) is 5.04 Å². The molecule has 0 radical (unpaired) electrons. The predicted molar refractivity (Wildman–Crippen MR) is 59.7 cm³/mol. The van der Waals surface area contributed by atoms with Crippen LogP contribution in [-0.4, -0.2) is 29.5 Å². The number of rotatable bonds is 2. The molecule has 0 aromatic rings. The van der Waals surface area contributed by atoms with Gasteiger partial charge in [0.15, 0.2) is 0 Å². The summed E-state index contributed by atoms with van der Waals surface area (Å²) >= 11 is 1.29. The summed E-state index contributed by atoms with van der Waals surface area (Å²) in [5.41, 5.74) is -0.259. The fourth-order valence-electron chi connectivity index (χ4n) is 1.24. The zero-order valence-electron chi connectivity index (χ0n) is 9.29. The molecule has 4 nitrogen and oxygen atoms in total. The Morgan fingerprint density at radius 3 is 2.21 bits per heavy atom. The SMILES string of the molecule is CNC(=O)C(/C(=N/O)SC)C(C)(C)C. The molecule has 0 aliphatic rings. The summed E-state index contributed by atoms with van der Waals surface area (Å²) in [6.45, 7) is 5.82. The maximum atomic E-state index is 11.6. The van der Waals surface area contributed by atoms with Crippen LogP contribution in [0.25, 0.3) is 0 Å². The first-order chi connectivity index (χ1) is 6.38. The number of carbonyl (C=O) groups is 1. The molecule has 0 rings (SSSR count). The van der Waals surface area contributed by atoms with Crippen LogP contribution in [0.15, 0.2) is 5.16 Å². The van der Waals surface area contributed by atoms with Gasteiger partial charge in [0.2, 0.25) is 5.91 Å². The minimum Gasteiger partial charge on any atom is -0.410 e. The number of amides is 1. The topological polar surface area (TPSA) is 61.7 Å². The van der Waals surface area contributed by atoms with Crippen molar-refractivity contribution in [1.82, 2.24) is 5.32 Å². The lowest BCUT2D eigenvalue weighted by molar-refractivity contribution is -0.124. The smallest absolute Gasteiger partial charge is 0.230 e. The van der Waals surface area contributed by atoms with E-state index in [-0.39, 0.29) is 11.3 Å². The lowest BCUT2D eigenvalue weighted by Crippen LogP contribution is -2.40. The van der Waals surface area contributed by atoms with Gasteiger partial charge in [-0.3, -0.25) is 4.79 Å². The van der Waals surface area contributed by atoms with Gasteiger partial charge in [-0.05, 0) is 11.7 Å². The van der Waals surface area contributed by atoms with E-state index in [1.165, 1.54) is 11.8 Å². The summed E-state index contributed by atoms with van der Waals surface area (Å²) < 4.78 is 0. The summed E-state index contributed by atoms with van der Waals surface area (Å²) in [7, 11) is 1.58. The van der Waals surface area contributed by atoms with Gasteiger partial charge in [-0.2, -0.15) is 0 Å². The Bertz CT molecular complexity index is 233. The Morgan fingerprint density at radius 2 is 2.00 bits per heavy atom. The number of hydrogen-bond acceptors (Lipinski definition) is 4. The molecule has 2 N–H and O–H groups in total. The summed E-state index contributed by atoms with van der Waals surface area (Å²) in [5, 5.41) is 15.0. The van der Waals surface area contributed by atoms with Gasteiger partial charge in [0, 0.05) is 7.05 Å². The van der Waals surface area contributed by atoms with Crippen LogP contribution in [-0.2, 0) is 4.79 Å². The highest BCUT2D eigenvalue weighted by atomic mass is 32.2. The van der Waals surface area contributed by atoms with Crippen LogP contribution < -0.4 is 5.32 Å². The minimum atomic E-state index is -0.410. The average Bonchev–Trinajstić information content (AvgIpc) is 2.10. The highest BCUT2D eigenvalue weighted by molar-refractivity contribution is 8.13. The van der Waals surface area contributed by atoms with Crippen LogP contribution in [0.5, 0.6) is 0 Å². The van der Waals surface area contributed by atoms with Crippen LogP contribution >= 0.6 is 11.8 Å². The molecule has 1 atom stereocenters. The van der Waals surface area contributed by atoms with E-state index in [0.717, 1.165) is 0 Å². The van der Waals surface area contributed by atoms with Crippen molar-refractivity contribution in [3.05, 3.63) is 0 Å². The lowest BCUT2D eigenvalue weighted by Gasteiger charge is -2.28. The monoisotopic (exact) mass is 218 g/mol. The Morgan fingerprint density at radius 1 is 1.50 bits per heavy atom. The fourth-order valence-corrected chi connectivity index (χ4v) is 2.01. The van der Waals surface area contributed by atoms with Gasteiger partial charge in [0.05, 0.1) is 5.92 Å². The summed E-state index contributed by atoms with van der Waals surface area (Å²) in [6, 6.07) is 0. The molecule has 0 aliphatic heterocycles. The van der Waals surface area contributed by atoms with E-state index < -0.39 is 5.92 Å². The van der Waals surface area contributed by atoms with Gasteiger partial charge in [0.25, 0.3) is 0 Å². The third kappa shape index (κ3) is 3.21. The van der Waals surface area contributed by atoms with Crippen molar-refractivity contribution < 1.29 is 10.0 Å². The van der Waals surface area contributed by atoms with Gasteiger partial charge in [-0.25, -0.2) is 0 Å². The number of hydrogen-bond donors (Lipinski definition) is 2. The van der Waals surface area contributed by atoms with Crippen LogP contribution in [0.2, 0.25) is 0 Å². The van der Waals surface area contributed by atoms with Crippen LogP contribution in [0.4, 0.5) is 0 Å². The first-order valence-electron chi connectivity index (χ1n) is 4.36. The molecule has 1 amide bonds.